The summed E-state index contributed by atoms with van der Waals surface area (Å²) in [6.45, 7) is 4.72. The molecule has 3 aromatic rings. The fourth-order valence-corrected chi connectivity index (χ4v) is 4.19. The molecule has 1 unspecified atom stereocenters. The van der Waals surface area contributed by atoms with Crippen LogP contribution < -0.4 is 11.1 Å². The third-order valence-electron chi connectivity index (χ3n) is 5.73. The molecule has 0 aromatic heterocycles. The molecule has 3 N–H and O–H groups in total. The molecule has 0 aliphatic heterocycles. The van der Waals surface area contributed by atoms with E-state index in [-0.39, 0.29) is 11.6 Å². The Kier molecular flexibility index (Phi) is 8.43. The number of unbranched alkanes of at least 4 members (excludes halogenated alkanes) is 2. The van der Waals surface area contributed by atoms with Gasteiger partial charge in [0.25, 0.3) is 0 Å². The molecular weight excluding hydrogens is 364 g/mol. The summed E-state index contributed by atoms with van der Waals surface area (Å²) in [5.41, 5.74) is 9.52. The molecule has 3 aromatic carbocycles. The van der Waals surface area contributed by atoms with Crippen molar-refractivity contribution in [3.05, 3.63) is 120 Å². The second-order valence-corrected chi connectivity index (χ2v) is 7.91. The fraction of sp³-hybridized carbons (Fsp3) is 0.286. The first-order chi connectivity index (χ1) is 14.8. The van der Waals surface area contributed by atoms with E-state index in [1.807, 2.05) is 6.08 Å². The Morgan fingerprint density at radius 1 is 0.733 bits per heavy atom. The van der Waals surface area contributed by atoms with Crippen LogP contribution in [0.1, 0.15) is 48.8 Å². The van der Waals surface area contributed by atoms with E-state index >= 15 is 0 Å². The molecule has 0 aliphatic carbocycles. The number of rotatable bonds is 12. The highest BCUT2D eigenvalue weighted by molar-refractivity contribution is 5.49. The van der Waals surface area contributed by atoms with Gasteiger partial charge in [0.05, 0.1) is 5.54 Å². The van der Waals surface area contributed by atoms with E-state index in [1.165, 1.54) is 23.1 Å². The maximum atomic E-state index is 6.11. The number of hydrogen-bond donors (Lipinski definition) is 2. The zero-order valence-corrected chi connectivity index (χ0v) is 17.8. The van der Waals surface area contributed by atoms with Gasteiger partial charge in [-0.3, -0.25) is 5.32 Å². The fourth-order valence-electron chi connectivity index (χ4n) is 4.19. The molecule has 0 aliphatic rings. The predicted octanol–water partition coefficient (Wildman–Crippen LogP) is 6.03. The monoisotopic (exact) mass is 398 g/mol. The lowest BCUT2D eigenvalue weighted by Crippen LogP contribution is -2.45. The van der Waals surface area contributed by atoms with Crippen LogP contribution >= 0.6 is 0 Å². The molecule has 2 nitrogen and oxygen atoms in total. The molecule has 3 rings (SSSR count). The van der Waals surface area contributed by atoms with Crippen molar-refractivity contribution in [3.8, 4) is 0 Å². The van der Waals surface area contributed by atoms with Crippen molar-refractivity contribution in [1.82, 2.24) is 5.32 Å². The largest absolute Gasteiger partial charge is 0.327 e. The first-order valence-electron chi connectivity index (χ1n) is 11.1. The Labute approximate surface area is 181 Å². The number of benzene rings is 3. The predicted molar refractivity (Wildman–Crippen MR) is 128 cm³/mol. The molecule has 0 fully saturated rings. The van der Waals surface area contributed by atoms with Crippen LogP contribution in [0, 0.1) is 0 Å². The van der Waals surface area contributed by atoms with Crippen LogP contribution in [0.15, 0.2) is 104 Å². The van der Waals surface area contributed by atoms with Crippen LogP contribution in [0.4, 0.5) is 0 Å². The lowest BCUT2D eigenvalue weighted by molar-refractivity contribution is 0.451. The van der Waals surface area contributed by atoms with Crippen molar-refractivity contribution in [1.29, 1.82) is 0 Å². The van der Waals surface area contributed by atoms with E-state index in [9.17, 15) is 0 Å². The minimum atomic E-state index is -0.372. The first-order valence-corrected chi connectivity index (χ1v) is 11.1. The van der Waals surface area contributed by atoms with Crippen molar-refractivity contribution >= 4 is 0 Å². The quantitative estimate of drug-likeness (QED) is 0.222. The molecule has 0 amide bonds. The maximum absolute atomic E-state index is 6.11. The molecule has 30 heavy (non-hydrogen) atoms. The highest BCUT2D eigenvalue weighted by Crippen LogP contribution is 2.36. The van der Waals surface area contributed by atoms with Gasteiger partial charge in [-0.05, 0) is 42.5 Å². The SMILES string of the molecule is C=CCC(N)CCCCCNC(c1ccccc1)(c1ccccc1)c1ccccc1. The molecule has 156 valence electrons. The second-order valence-electron chi connectivity index (χ2n) is 7.91. The van der Waals surface area contributed by atoms with Crippen LogP contribution in [0.2, 0.25) is 0 Å². The van der Waals surface area contributed by atoms with Crippen molar-refractivity contribution in [2.75, 3.05) is 6.54 Å². The zero-order chi connectivity index (χ0) is 21.1. The molecule has 1 atom stereocenters. The average Bonchev–Trinajstić information content (AvgIpc) is 2.81. The number of hydrogen-bond acceptors (Lipinski definition) is 2. The summed E-state index contributed by atoms with van der Waals surface area (Å²) in [6.07, 6.45) is 7.33. The van der Waals surface area contributed by atoms with Crippen LogP contribution in [0.5, 0.6) is 0 Å². The Morgan fingerprint density at radius 3 is 1.63 bits per heavy atom. The second kappa shape index (κ2) is 11.5. The topological polar surface area (TPSA) is 38.0 Å². The summed E-state index contributed by atoms with van der Waals surface area (Å²) >= 11 is 0. The highest BCUT2D eigenvalue weighted by Gasteiger charge is 2.35. The molecule has 0 saturated carbocycles. The van der Waals surface area contributed by atoms with E-state index in [0.29, 0.717) is 0 Å². The van der Waals surface area contributed by atoms with Gasteiger partial charge in [-0.1, -0.05) is 110 Å². The minimum Gasteiger partial charge on any atom is -0.327 e. The summed E-state index contributed by atoms with van der Waals surface area (Å²) in [4.78, 5) is 0. The van der Waals surface area contributed by atoms with Gasteiger partial charge >= 0.3 is 0 Å². The van der Waals surface area contributed by atoms with E-state index in [2.05, 4.69) is 103 Å². The van der Waals surface area contributed by atoms with Gasteiger partial charge in [0.2, 0.25) is 0 Å². The zero-order valence-electron chi connectivity index (χ0n) is 17.8. The molecule has 0 heterocycles. The number of nitrogens with two attached hydrogens (primary N) is 1. The molecule has 2 heteroatoms. The van der Waals surface area contributed by atoms with Crippen molar-refractivity contribution in [3.63, 3.8) is 0 Å². The summed E-state index contributed by atoms with van der Waals surface area (Å²) in [6, 6.07) is 32.6. The third kappa shape index (κ3) is 5.47. The minimum absolute atomic E-state index is 0.243. The van der Waals surface area contributed by atoms with Gasteiger partial charge in [0.1, 0.15) is 0 Å². The van der Waals surface area contributed by atoms with Crippen LogP contribution in [-0.2, 0) is 5.54 Å². The van der Waals surface area contributed by atoms with Crippen LogP contribution in [-0.4, -0.2) is 12.6 Å². The molecule has 0 saturated heterocycles. The molecule has 0 spiro atoms. The lowest BCUT2D eigenvalue weighted by Gasteiger charge is -2.37. The van der Waals surface area contributed by atoms with Crippen molar-refractivity contribution in [2.24, 2.45) is 5.73 Å². The van der Waals surface area contributed by atoms with Crippen molar-refractivity contribution in [2.45, 2.75) is 43.7 Å². The average molecular weight is 399 g/mol. The molecule has 0 bridgehead atoms. The van der Waals surface area contributed by atoms with Gasteiger partial charge < -0.3 is 5.73 Å². The lowest BCUT2D eigenvalue weighted by atomic mass is 9.77. The Bertz CT molecular complexity index is 762. The van der Waals surface area contributed by atoms with Crippen LogP contribution in [0.25, 0.3) is 0 Å². The summed E-state index contributed by atoms with van der Waals surface area (Å²) in [5.74, 6) is 0. The smallest absolute Gasteiger partial charge is 0.0947 e. The van der Waals surface area contributed by atoms with Gasteiger partial charge in [-0.2, -0.15) is 0 Å². The highest BCUT2D eigenvalue weighted by atomic mass is 15.0. The molecule has 0 radical (unpaired) electrons. The van der Waals surface area contributed by atoms with Crippen molar-refractivity contribution < 1.29 is 0 Å². The Morgan fingerprint density at radius 2 is 1.20 bits per heavy atom. The third-order valence-corrected chi connectivity index (χ3v) is 5.73. The Balaban J connectivity index is 1.82. The number of nitrogens with one attached hydrogen (secondary N) is 1. The summed E-state index contributed by atoms with van der Waals surface area (Å²) < 4.78 is 0. The van der Waals surface area contributed by atoms with Gasteiger partial charge in [0.15, 0.2) is 0 Å². The molecular formula is C28H34N2. The standard InChI is InChI=1S/C28H34N2/c1-2-15-27(29)22-13-6-14-23-30-28(24-16-7-3-8-17-24,25-18-9-4-10-19-25)26-20-11-5-12-21-26/h2-5,7-12,16-21,27,30H,1,6,13-15,22-23,29H2. The van der Waals surface area contributed by atoms with Crippen LogP contribution in [0.3, 0.4) is 0 Å². The normalized spacial score (nSPS) is 12.4. The van der Waals surface area contributed by atoms with Gasteiger partial charge in [-0.25, -0.2) is 0 Å². The first kappa shape index (κ1) is 22.0. The van der Waals surface area contributed by atoms with E-state index in [1.54, 1.807) is 0 Å². The summed E-state index contributed by atoms with van der Waals surface area (Å²) in [5, 5.41) is 3.95. The van der Waals surface area contributed by atoms with E-state index < -0.39 is 0 Å². The van der Waals surface area contributed by atoms with Gasteiger partial charge in [-0.15, -0.1) is 6.58 Å². The van der Waals surface area contributed by atoms with Gasteiger partial charge in [0, 0.05) is 6.04 Å². The van der Waals surface area contributed by atoms with E-state index in [4.69, 9.17) is 5.73 Å². The van der Waals surface area contributed by atoms with E-state index in [0.717, 1.165) is 32.2 Å². The maximum Gasteiger partial charge on any atom is 0.0947 e. The Hall–Kier alpha value is -2.68. The summed E-state index contributed by atoms with van der Waals surface area (Å²) in [7, 11) is 0.